The Labute approximate surface area is 223 Å². The molecule has 3 aromatic carbocycles. The van der Waals surface area contributed by atoms with E-state index in [0.717, 1.165) is 27.7 Å². The highest BCUT2D eigenvalue weighted by molar-refractivity contribution is 6.62. The number of carbonyl (C=O) groups is 1. The number of nitrogens with one attached hydrogen (secondary N) is 1. The van der Waals surface area contributed by atoms with Crippen LogP contribution in [0, 0.1) is 0 Å². The molecule has 3 aromatic rings. The van der Waals surface area contributed by atoms with Crippen LogP contribution in [-0.2, 0) is 14.0 Å². The van der Waals surface area contributed by atoms with E-state index < -0.39 is 36.6 Å². The van der Waals surface area contributed by atoms with Crippen LogP contribution in [-0.4, -0.2) is 53.9 Å². The summed E-state index contributed by atoms with van der Waals surface area (Å²) in [6, 6.07) is 23.4. The summed E-state index contributed by atoms with van der Waals surface area (Å²) in [4.78, 5) is 12.5. The van der Waals surface area contributed by atoms with Crippen LogP contribution < -0.4 is 10.8 Å². The van der Waals surface area contributed by atoms with Crippen molar-refractivity contribution in [3.63, 3.8) is 0 Å². The van der Waals surface area contributed by atoms with E-state index in [1.807, 2.05) is 58.0 Å². The Bertz CT molecular complexity index is 1260. The molecule has 198 valence electrons. The lowest BCUT2D eigenvalue weighted by Crippen LogP contribution is -2.41. The molecule has 5 rings (SSSR count). The van der Waals surface area contributed by atoms with E-state index in [9.17, 15) is 15.0 Å². The number of rotatable bonds is 7. The third-order valence-corrected chi connectivity index (χ3v) is 7.94. The van der Waals surface area contributed by atoms with Gasteiger partial charge < -0.3 is 29.6 Å². The molecule has 1 amide bonds. The quantitative estimate of drug-likeness (QED) is 0.413. The number of ether oxygens (including phenoxy) is 1. The van der Waals surface area contributed by atoms with Gasteiger partial charge in [0.25, 0.3) is 0 Å². The summed E-state index contributed by atoms with van der Waals surface area (Å²) in [6.45, 7) is 7.91. The van der Waals surface area contributed by atoms with Crippen molar-refractivity contribution >= 4 is 18.7 Å². The minimum atomic E-state index is -1.23. The first-order valence-electron chi connectivity index (χ1n) is 13.0. The Morgan fingerprint density at radius 2 is 1.50 bits per heavy atom. The summed E-state index contributed by atoms with van der Waals surface area (Å²) in [5, 5.41) is 23.9. The monoisotopic (exact) mass is 515 g/mol. The summed E-state index contributed by atoms with van der Waals surface area (Å²) >= 11 is 0. The minimum Gasteiger partial charge on any atom is -0.449 e. The number of aliphatic hydroxyl groups is 2. The Kier molecular flexibility index (Phi) is 7.09. The second-order valence-electron chi connectivity index (χ2n) is 11.0. The van der Waals surface area contributed by atoms with Crippen molar-refractivity contribution < 1.29 is 29.1 Å². The van der Waals surface area contributed by atoms with Gasteiger partial charge in [-0.1, -0.05) is 72.8 Å². The van der Waals surface area contributed by atoms with Crippen LogP contribution in [0.1, 0.15) is 56.4 Å². The molecule has 1 aliphatic heterocycles. The molecule has 2 unspecified atom stereocenters. The molecule has 0 radical (unpaired) electrons. The summed E-state index contributed by atoms with van der Waals surface area (Å²) in [6.07, 6.45) is -3.10. The van der Waals surface area contributed by atoms with Crippen molar-refractivity contribution in [3.8, 4) is 11.1 Å². The lowest BCUT2D eigenvalue weighted by molar-refractivity contribution is 0.00578. The molecule has 7 nitrogen and oxygen atoms in total. The minimum absolute atomic E-state index is 0.0543. The maximum Gasteiger partial charge on any atom is 0.494 e. The smallest absolute Gasteiger partial charge is 0.449 e. The molecular weight excluding hydrogens is 481 g/mol. The van der Waals surface area contributed by atoms with Crippen molar-refractivity contribution in [2.45, 2.75) is 57.0 Å². The Morgan fingerprint density at radius 1 is 0.921 bits per heavy atom. The highest BCUT2D eigenvalue weighted by Gasteiger charge is 2.51. The third-order valence-electron chi connectivity index (χ3n) is 7.94. The number of carbonyl (C=O) groups excluding carboxylic acids is 1. The first-order valence-corrected chi connectivity index (χ1v) is 13.0. The fraction of sp³-hybridized carbons (Fsp3) is 0.367. The Hall–Kier alpha value is -3.17. The number of hydrogen-bond acceptors (Lipinski definition) is 6. The fourth-order valence-electron chi connectivity index (χ4n) is 5.04. The highest BCUT2D eigenvalue weighted by atomic mass is 16.7. The Balaban J connectivity index is 1.17. The van der Waals surface area contributed by atoms with Gasteiger partial charge in [-0.2, -0.15) is 0 Å². The van der Waals surface area contributed by atoms with Crippen LogP contribution in [0.15, 0.2) is 72.8 Å². The largest absolute Gasteiger partial charge is 0.494 e. The van der Waals surface area contributed by atoms with Gasteiger partial charge >= 0.3 is 13.2 Å². The average molecular weight is 515 g/mol. The van der Waals surface area contributed by atoms with E-state index in [-0.39, 0.29) is 19.1 Å². The lowest BCUT2D eigenvalue weighted by atomic mass is 9.78. The topological polar surface area (TPSA) is 97.2 Å². The predicted octanol–water partition coefficient (Wildman–Crippen LogP) is 3.92. The van der Waals surface area contributed by atoms with E-state index in [0.29, 0.717) is 5.56 Å². The van der Waals surface area contributed by atoms with Crippen molar-refractivity contribution in [1.29, 1.82) is 0 Å². The second-order valence-corrected chi connectivity index (χ2v) is 11.0. The zero-order valence-corrected chi connectivity index (χ0v) is 22.2. The van der Waals surface area contributed by atoms with Crippen LogP contribution in [0.4, 0.5) is 4.79 Å². The molecule has 8 heteroatoms. The van der Waals surface area contributed by atoms with E-state index in [4.69, 9.17) is 14.0 Å². The Morgan fingerprint density at radius 3 is 2.11 bits per heavy atom. The van der Waals surface area contributed by atoms with Crippen molar-refractivity contribution in [2.75, 3.05) is 13.2 Å². The zero-order valence-electron chi connectivity index (χ0n) is 22.2. The van der Waals surface area contributed by atoms with Gasteiger partial charge in [-0.25, -0.2) is 4.79 Å². The number of benzene rings is 3. The number of aliphatic hydroxyl groups excluding tert-OH is 2. The first-order chi connectivity index (χ1) is 18.1. The SMILES string of the molecule is CC1(C)OB(c2cccc(C(O)C(O)CNC(=O)OCC3c4ccccc4-c4ccccc43)c2)OC1(C)C. The summed E-state index contributed by atoms with van der Waals surface area (Å²) in [5.41, 5.74) is 4.82. The van der Waals surface area contributed by atoms with Crippen LogP contribution in [0.25, 0.3) is 11.1 Å². The van der Waals surface area contributed by atoms with Gasteiger partial charge in [-0.05, 0) is 61.0 Å². The van der Waals surface area contributed by atoms with E-state index in [1.54, 1.807) is 18.2 Å². The molecule has 0 aromatic heterocycles. The van der Waals surface area contributed by atoms with Gasteiger partial charge in [0, 0.05) is 12.5 Å². The number of hydrogen-bond donors (Lipinski definition) is 3. The molecule has 1 aliphatic carbocycles. The third kappa shape index (κ3) is 4.97. The van der Waals surface area contributed by atoms with Crippen molar-refractivity contribution in [3.05, 3.63) is 89.5 Å². The van der Waals surface area contributed by atoms with Crippen LogP contribution in [0.2, 0.25) is 0 Å². The lowest BCUT2D eigenvalue weighted by Gasteiger charge is -2.32. The van der Waals surface area contributed by atoms with E-state index >= 15 is 0 Å². The second kappa shape index (κ2) is 10.2. The maximum atomic E-state index is 12.5. The predicted molar refractivity (Wildman–Crippen MR) is 146 cm³/mol. The molecule has 1 saturated heterocycles. The van der Waals surface area contributed by atoms with Gasteiger partial charge in [-0.3, -0.25) is 0 Å². The van der Waals surface area contributed by atoms with Crippen LogP contribution in [0.3, 0.4) is 0 Å². The maximum absolute atomic E-state index is 12.5. The number of alkyl carbamates (subject to hydrolysis) is 1. The van der Waals surface area contributed by atoms with E-state index in [1.165, 1.54) is 0 Å². The van der Waals surface area contributed by atoms with E-state index in [2.05, 4.69) is 29.6 Å². The van der Waals surface area contributed by atoms with Gasteiger partial charge in [-0.15, -0.1) is 0 Å². The molecule has 2 atom stereocenters. The molecule has 3 N–H and O–H groups in total. The molecule has 2 aliphatic rings. The first kappa shape index (κ1) is 26.4. The summed E-state index contributed by atoms with van der Waals surface area (Å²) in [5.74, 6) is -0.0543. The zero-order chi connectivity index (χ0) is 27.1. The van der Waals surface area contributed by atoms with Gasteiger partial charge in [0.2, 0.25) is 0 Å². The van der Waals surface area contributed by atoms with Gasteiger partial charge in [0.1, 0.15) is 18.8 Å². The number of amides is 1. The molecule has 0 bridgehead atoms. The highest BCUT2D eigenvalue weighted by Crippen LogP contribution is 2.44. The molecule has 1 heterocycles. The van der Waals surface area contributed by atoms with Crippen molar-refractivity contribution in [1.82, 2.24) is 5.32 Å². The van der Waals surface area contributed by atoms with Crippen LogP contribution >= 0.6 is 0 Å². The normalized spacial score (nSPS) is 18.9. The number of fused-ring (bicyclic) bond motifs is 3. The average Bonchev–Trinajstić information content (AvgIpc) is 3.34. The van der Waals surface area contributed by atoms with Gasteiger partial charge in [0.05, 0.1) is 11.2 Å². The van der Waals surface area contributed by atoms with Gasteiger partial charge in [0.15, 0.2) is 0 Å². The fourth-order valence-corrected chi connectivity index (χ4v) is 5.04. The van der Waals surface area contributed by atoms with Crippen LogP contribution in [0.5, 0.6) is 0 Å². The molecule has 1 fully saturated rings. The molecular formula is C30H34BNO6. The molecule has 38 heavy (non-hydrogen) atoms. The van der Waals surface area contributed by atoms with Crippen molar-refractivity contribution in [2.24, 2.45) is 0 Å². The molecule has 0 saturated carbocycles. The standard InChI is InChI=1S/C30H34BNO6/c1-29(2)30(3,4)38-31(37-29)20-11-9-10-19(16-20)27(34)26(33)17-32-28(35)36-18-25-23-14-7-5-12-21(23)22-13-6-8-15-24(22)25/h5-16,25-27,33-34H,17-18H2,1-4H3,(H,32,35). The molecule has 0 spiro atoms. The summed E-state index contributed by atoms with van der Waals surface area (Å²) < 4.78 is 17.7. The summed E-state index contributed by atoms with van der Waals surface area (Å²) in [7, 11) is -0.580.